The van der Waals surface area contributed by atoms with Gasteiger partial charge in [-0.2, -0.15) is 0 Å². The van der Waals surface area contributed by atoms with Gasteiger partial charge in [0.25, 0.3) is 0 Å². The van der Waals surface area contributed by atoms with E-state index in [1.165, 1.54) is 25.7 Å². The summed E-state index contributed by atoms with van der Waals surface area (Å²) < 4.78 is 0. The number of hydrogen-bond acceptors (Lipinski definition) is 1. The van der Waals surface area contributed by atoms with Crippen LogP contribution in [0.4, 0.5) is 0 Å². The minimum Gasteiger partial charge on any atom is -0.299 e. The average molecular weight is 150 g/mol. The van der Waals surface area contributed by atoms with Crippen LogP contribution < -0.4 is 0 Å². The highest BCUT2D eigenvalue weighted by atomic mass is 16.1. The molecule has 3 rings (SSSR count). The van der Waals surface area contributed by atoms with Gasteiger partial charge in [-0.1, -0.05) is 0 Å². The molecule has 0 N–H and O–H groups in total. The van der Waals surface area contributed by atoms with Crippen molar-refractivity contribution in [3.63, 3.8) is 0 Å². The highest BCUT2D eigenvalue weighted by Gasteiger charge is 2.53. The van der Waals surface area contributed by atoms with Crippen LogP contribution in [0.2, 0.25) is 0 Å². The summed E-state index contributed by atoms with van der Waals surface area (Å²) in [5.74, 6) is 3.75. The fourth-order valence-corrected chi connectivity index (χ4v) is 3.80. The first kappa shape index (κ1) is 6.22. The van der Waals surface area contributed by atoms with Gasteiger partial charge in [-0.15, -0.1) is 0 Å². The normalized spacial score (nSPS) is 53.6. The van der Waals surface area contributed by atoms with E-state index in [9.17, 15) is 4.79 Å². The highest BCUT2D eigenvalue weighted by molar-refractivity contribution is 5.83. The van der Waals surface area contributed by atoms with Crippen LogP contribution in [0, 0.1) is 23.7 Å². The van der Waals surface area contributed by atoms with E-state index in [1.807, 2.05) is 0 Å². The zero-order chi connectivity index (χ0) is 7.42. The Balaban J connectivity index is 2.00. The Labute approximate surface area is 67.2 Å². The average Bonchev–Trinajstić information content (AvgIpc) is 2.52. The predicted octanol–water partition coefficient (Wildman–Crippen LogP) is 2.01. The molecule has 0 heterocycles. The molecule has 0 aromatic carbocycles. The SMILES string of the molecule is O=C1CCC2CC3CCC2C13. The van der Waals surface area contributed by atoms with Crippen molar-refractivity contribution in [3.8, 4) is 0 Å². The monoisotopic (exact) mass is 150 g/mol. The van der Waals surface area contributed by atoms with E-state index in [0.29, 0.717) is 11.7 Å². The number of carbonyl (C=O) groups excluding carboxylic acids is 1. The smallest absolute Gasteiger partial charge is 0.136 e. The van der Waals surface area contributed by atoms with Gasteiger partial charge in [0.2, 0.25) is 0 Å². The first-order valence-electron chi connectivity index (χ1n) is 4.89. The van der Waals surface area contributed by atoms with Crippen LogP contribution in [-0.4, -0.2) is 5.78 Å². The summed E-state index contributed by atoms with van der Waals surface area (Å²) in [4.78, 5) is 11.5. The van der Waals surface area contributed by atoms with Gasteiger partial charge in [-0.3, -0.25) is 4.79 Å². The van der Waals surface area contributed by atoms with Gasteiger partial charge in [-0.05, 0) is 43.4 Å². The summed E-state index contributed by atoms with van der Waals surface area (Å²) in [7, 11) is 0. The van der Waals surface area contributed by atoms with Crippen molar-refractivity contribution in [2.24, 2.45) is 23.7 Å². The van der Waals surface area contributed by atoms with Crippen molar-refractivity contribution in [1.29, 1.82) is 0 Å². The molecule has 3 saturated carbocycles. The number of rotatable bonds is 0. The number of carbonyl (C=O) groups is 1. The van der Waals surface area contributed by atoms with Crippen LogP contribution >= 0.6 is 0 Å². The Morgan fingerprint density at radius 3 is 2.82 bits per heavy atom. The molecule has 3 aliphatic carbocycles. The van der Waals surface area contributed by atoms with Crippen LogP contribution in [0.25, 0.3) is 0 Å². The van der Waals surface area contributed by atoms with E-state index >= 15 is 0 Å². The van der Waals surface area contributed by atoms with Crippen LogP contribution in [0.1, 0.15) is 32.1 Å². The Morgan fingerprint density at radius 2 is 2.00 bits per heavy atom. The summed E-state index contributed by atoms with van der Waals surface area (Å²) in [6.45, 7) is 0. The second kappa shape index (κ2) is 1.88. The van der Waals surface area contributed by atoms with E-state index in [4.69, 9.17) is 0 Å². The fraction of sp³-hybridized carbons (Fsp3) is 0.900. The molecule has 1 heteroatoms. The zero-order valence-corrected chi connectivity index (χ0v) is 6.75. The lowest BCUT2D eigenvalue weighted by atomic mass is 9.78. The van der Waals surface area contributed by atoms with Crippen molar-refractivity contribution in [3.05, 3.63) is 0 Å². The maximum absolute atomic E-state index is 11.5. The van der Waals surface area contributed by atoms with Crippen molar-refractivity contribution < 1.29 is 4.79 Å². The molecule has 3 aliphatic rings. The van der Waals surface area contributed by atoms with Gasteiger partial charge in [0.05, 0.1) is 0 Å². The lowest BCUT2D eigenvalue weighted by Crippen LogP contribution is -2.25. The minimum absolute atomic E-state index is 0.536. The fourth-order valence-electron chi connectivity index (χ4n) is 3.80. The molecular weight excluding hydrogens is 136 g/mol. The molecule has 60 valence electrons. The van der Waals surface area contributed by atoms with Crippen LogP contribution in [0.5, 0.6) is 0 Å². The molecule has 0 spiro atoms. The molecule has 0 aromatic rings. The molecule has 4 unspecified atom stereocenters. The molecular formula is C10H14O. The summed E-state index contributed by atoms with van der Waals surface area (Å²) in [5.41, 5.74) is 0. The molecule has 0 aliphatic heterocycles. The Kier molecular flexibility index (Phi) is 1.06. The second-order valence-electron chi connectivity index (χ2n) is 4.53. The van der Waals surface area contributed by atoms with Gasteiger partial charge in [-0.25, -0.2) is 0 Å². The van der Waals surface area contributed by atoms with Crippen molar-refractivity contribution in [2.45, 2.75) is 32.1 Å². The topological polar surface area (TPSA) is 17.1 Å². The Morgan fingerprint density at radius 1 is 1.09 bits per heavy atom. The molecule has 1 nitrogen and oxygen atoms in total. The lowest BCUT2D eigenvalue weighted by Gasteiger charge is -2.25. The zero-order valence-electron chi connectivity index (χ0n) is 6.75. The Bertz CT molecular complexity index is 209. The predicted molar refractivity (Wildman–Crippen MR) is 42.1 cm³/mol. The van der Waals surface area contributed by atoms with Gasteiger partial charge in [0.1, 0.15) is 5.78 Å². The molecule has 4 atom stereocenters. The molecule has 11 heavy (non-hydrogen) atoms. The maximum Gasteiger partial charge on any atom is 0.136 e. The van der Waals surface area contributed by atoms with Crippen LogP contribution in [0.15, 0.2) is 0 Å². The number of Topliss-reactive ketones (excluding diaryl/α,β-unsaturated/α-hetero) is 1. The van der Waals surface area contributed by atoms with Crippen LogP contribution in [0.3, 0.4) is 0 Å². The van der Waals surface area contributed by atoms with E-state index in [-0.39, 0.29) is 0 Å². The van der Waals surface area contributed by atoms with Gasteiger partial charge in [0.15, 0.2) is 0 Å². The molecule has 0 amide bonds. The summed E-state index contributed by atoms with van der Waals surface area (Å²) in [6, 6.07) is 0. The minimum atomic E-state index is 0.536. The van der Waals surface area contributed by atoms with Gasteiger partial charge >= 0.3 is 0 Å². The molecule has 3 fully saturated rings. The van der Waals surface area contributed by atoms with E-state index in [2.05, 4.69) is 0 Å². The van der Waals surface area contributed by atoms with Crippen molar-refractivity contribution >= 4 is 5.78 Å². The third-order valence-corrected chi connectivity index (χ3v) is 4.18. The largest absolute Gasteiger partial charge is 0.299 e. The molecule has 0 saturated heterocycles. The van der Waals surface area contributed by atoms with Gasteiger partial charge < -0.3 is 0 Å². The van der Waals surface area contributed by atoms with Gasteiger partial charge in [0, 0.05) is 12.3 Å². The maximum atomic E-state index is 11.5. The van der Waals surface area contributed by atoms with E-state index in [1.54, 1.807) is 0 Å². The lowest BCUT2D eigenvalue weighted by molar-refractivity contribution is -0.126. The second-order valence-corrected chi connectivity index (χ2v) is 4.53. The molecule has 4 bridgehead atoms. The van der Waals surface area contributed by atoms with Crippen molar-refractivity contribution in [2.75, 3.05) is 0 Å². The van der Waals surface area contributed by atoms with Crippen molar-refractivity contribution in [1.82, 2.24) is 0 Å². The standard InChI is InChI=1S/C10H14O/c11-9-4-2-6-5-7-1-3-8(6)10(7)9/h6-8,10H,1-5H2. The summed E-state index contributed by atoms with van der Waals surface area (Å²) in [6.07, 6.45) is 6.24. The van der Waals surface area contributed by atoms with E-state index < -0.39 is 0 Å². The first-order chi connectivity index (χ1) is 5.36. The van der Waals surface area contributed by atoms with Crippen LogP contribution in [-0.2, 0) is 4.79 Å². The first-order valence-corrected chi connectivity index (χ1v) is 4.89. The highest BCUT2D eigenvalue weighted by Crippen LogP contribution is 2.57. The number of ketones is 1. The quantitative estimate of drug-likeness (QED) is 0.516. The third-order valence-electron chi connectivity index (χ3n) is 4.18. The Hall–Kier alpha value is -0.330. The third kappa shape index (κ3) is 0.646. The number of hydrogen-bond donors (Lipinski definition) is 0. The van der Waals surface area contributed by atoms with E-state index in [0.717, 1.165) is 24.2 Å². The molecule has 0 aromatic heterocycles. The molecule has 0 radical (unpaired) electrons. The summed E-state index contributed by atoms with van der Waals surface area (Å²) in [5, 5.41) is 0. The summed E-state index contributed by atoms with van der Waals surface area (Å²) >= 11 is 0.